The Hall–Kier alpha value is -1.95. The number of alkyl halides is 1. The van der Waals surface area contributed by atoms with Crippen LogP contribution >= 0.6 is 15.9 Å². The molecule has 0 amide bonds. The topological polar surface area (TPSA) is 71.4 Å². The van der Waals surface area contributed by atoms with Gasteiger partial charge in [0.05, 0.1) is 0 Å². The zero-order valence-corrected chi connectivity index (χ0v) is 10.8. The Kier molecular flexibility index (Phi) is 2.52. The fraction of sp³-hybridized carbons (Fsp3) is 0.0833. The Morgan fingerprint density at radius 2 is 1.89 bits per heavy atom. The van der Waals surface area contributed by atoms with Crippen LogP contribution in [0.3, 0.4) is 0 Å². The maximum absolute atomic E-state index is 9.61. The molecule has 2 aromatic heterocycles. The number of nitrogens with zero attached hydrogens (tertiary/aromatic N) is 2. The van der Waals surface area contributed by atoms with E-state index in [4.69, 9.17) is 4.42 Å². The molecule has 1 aromatic carbocycles. The second-order valence-electron chi connectivity index (χ2n) is 3.82. The summed E-state index contributed by atoms with van der Waals surface area (Å²) >= 11 is 3.37. The van der Waals surface area contributed by atoms with Crippen LogP contribution in [0.2, 0.25) is 0 Å². The Balaban J connectivity index is 2.19. The highest BCUT2D eigenvalue weighted by Gasteiger charge is 2.14. The Morgan fingerprint density at radius 3 is 2.56 bits per heavy atom. The second kappa shape index (κ2) is 4.06. The van der Waals surface area contributed by atoms with Crippen molar-refractivity contribution in [3.63, 3.8) is 0 Å². The first-order valence-corrected chi connectivity index (χ1v) is 6.36. The van der Waals surface area contributed by atoms with E-state index in [1.165, 1.54) is 12.1 Å². The summed E-state index contributed by atoms with van der Waals surface area (Å²) in [5, 5.41) is 19.9. The molecule has 0 aliphatic carbocycles. The highest BCUT2D eigenvalue weighted by Crippen LogP contribution is 2.28. The third kappa shape index (κ3) is 1.65. The van der Waals surface area contributed by atoms with Crippen molar-refractivity contribution in [1.29, 1.82) is 0 Å². The van der Waals surface area contributed by atoms with Crippen molar-refractivity contribution < 1.29 is 14.6 Å². The minimum absolute atomic E-state index is 0.125. The first kappa shape index (κ1) is 11.2. The Morgan fingerprint density at radius 1 is 1.17 bits per heavy atom. The molecule has 0 fully saturated rings. The van der Waals surface area contributed by atoms with Gasteiger partial charge in [0.2, 0.25) is 11.8 Å². The van der Waals surface area contributed by atoms with Gasteiger partial charge >= 0.3 is 6.01 Å². The van der Waals surface area contributed by atoms with Gasteiger partial charge in [-0.1, -0.05) is 22.0 Å². The number of benzene rings is 1. The molecular formula is C12H9BrN2O3. The van der Waals surface area contributed by atoms with Crippen molar-refractivity contribution in [3.05, 3.63) is 35.9 Å². The lowest BCUT2D eigenvalue weighted by Gasteiger charge is -1.98. The fourth-order valence-corrected chi connectivity index (χ4v) is 2.10. The monoisotopic (exact) mass is 308 g/mol. The molecule has 0 saturated carbocycles. The SMILES string of the molecule is Oc1ccc(O)n1-c1nc2cc(CBr)ccc2o1. The summed E-state index contributed by atoms with van der Waals surface area (Å²) in [7, 11) is 0. The summed E-state index contributed by atoms with van der Waals surface area (Å²) < 4.78 is 6.62. The van der Waals surface area contributed by atoms with Crippen LogP contribution in [0.4, 0.5) is 0 Å². The largest absolute Gasteiger partial charge is 0.494 e. The molecule has 0 bridgehead atoms. The van der Waals surface area contributed by atoms with E-state index < -0.39 is 0 Å². The number of rotatable bonds is 2. The number of hydrogen-bond donors (Lipinski definition) is 2. The summed E-state index contributed by atoms with van der Waals surface area (Å²) in [5.74, 6) is -0.250. The number of oxazole rings is 1. The molecule has 3 aromatic rings. The average Bonchev–Trinajstić information content (AvgIpc) is 2.91. The highest BCUT2D eigenvalue weighted by atomic mass is 79.9. The number of aromatic nitrogens is 2. The van der Waals surface area contributed by atoms with Gasteiger partial charge in [-0.05, 0) is 17.7 Å². The molecule has 0 aliphatic heterocycles. The van der Waals surface area contributed by atoms with Crippen molar-refractivity contribution in [3.8, 4) is 17.8 Å². The first-order valence-electron chi connectivity index (χ1n) is 5.24. The minimum Gasteiger partial charge on any atom is -0.494 e. The smallest absolute Gasteiger partial charge is 0.312 e. The van der Waals surface area contributed by atoms with E-state index in [2.05, 4.69) is 20.9 Å². The van der Waals surface area contributed by atoms with Crippen molar-refractivity contribution >= 4 is 27.0 Å². The first-order chi connectivity index (χ1) is 8.69. The van der Waals surface area contributed by atoms with Gasteiger partial charge in [-0.2, -0.15) is 4.98 Å². The van der Waals surface area contributed by atoms with Gasteiger partial charge in [-0.25, -0.2) is 4.57 Å². The van der Waals surface area contributed by atoms with E-state index in [0.29, 0.717) is 11.1 Å². The molecule has 18 heavy (non-hydrogen) atoms. The minimum atomic E-state index is -0.125. The van der Waals surface area contributed by atoms with Crippen LogP contribution < -0.4 is 0 Å². The summed E-state index contributed by atoms with van der Waals surface area (Å²) in [4.78, 5) is 4.24. The zero-order valence-electron chi connectivity index (χ0n) is 9.17. The molecule has 2 heterocycles. The third-order valence-electron chi connectivity index (χ3n) is 2.63. The molecule has 0 unspecified atom stereocenters. The molecule has 0 atom stereocenters. The number of fused-ring (bicyclic) bond motifs is 1. The van der Waals surface area contributed by atoms with Crippen molar-refractivity contribution in [1.82, 2.24) is 9.55 Å². The lowest BCUT2D eigenvalue weighted by molar-refractivity contribution is 0.383. The molecular weight excluding hydrogens is 300 g/mol. The van der Waals surface area contributed by atoms with Crippen molar-refractivity contribution in [2.75, 3.05) is 0 Å². The average molecular weight is 309 g/mol. The third-order valence-corrected chi connectivity index (χ3v) is 3.27. The number of aromatic hydroxyl groups is 2. The van der Waals surface area contributed by atoms with E-state index >= 15 is 0 Å². The molecule has 0 saturated heterocycles. The quantitative estimate of drug-likeness (QED) is 0.714. The van der Waals surface area contributed by atoms with Gasteiger partial charge in [0.1, 0.15) is 5.52 Å². The van der Waals surface area contributed by atoms with E-state index in [1.807, 2.05) is 12.1 Å². The standard InChI is InChI=1S/C12H9BrN2O3/c13-6-7-1-2-9-8(5-7)14-12(18-9)15-10(16)3-4-11(15)17/h1-5,16-17H,6H2. The molecule has 0 radical (unpaired) electrons. The van der Waals surface area contributed by atoms with Crippen LogP contribution in [0.25, 0.3) is 17.1 Å². The summed E-state index contributed by atoms with van der Waals surface area (Å²) in [5.41, 5.74) is 2.35. The van der Waals surface area contributed by atoms with Crippen LogP contribution in [0, 0.1) is 0 Å². The van der Waals surface area contributed by atoms with Crippen LogP contribution in [-0.2, 0) is 5.33 Å². The summed E-state index contributed by atoms with van der Waals surface area (Å²) in [6.07, 6.45) is 0. The molecule has 2 N–H and O–H groups in total. The zero-order chi connectivity index (χ0) is 12.7. The molecule has 92 valence electrons. The van der Waals surface area contributed by atoms with Crippen LogP contribution in [0.5, 0.6) is 11.8 Å². The van der Waals surface area contributed by atoms with Gasteiger partial charge in [-0.3, -0.25) is 0 Å². The fourth-order valence-electron chi connectivity index (χ4n) is 1.75. The van der Waals surface area contributed by atoms with Gasteiger partial charge < -0.3 is 14.6 Å². The van der Waals surface area contributed by atoms with Crippen molar-refractivity contribution in [2.24, 2.45) is 0 Å². The second-order valence-corrected chi connectivity index (χ2v) is 4.38. The lowest BCUT2D eigenvalue weighted by atomic mass is 10.2. The van der Waals surface area contributed by atoms with Gasteiger partial charge in [0.25, 0.3) is 0 Å². The molecule has 0 spiro atoms. The summed E-state index contributed by atoms with van der Waals surface area (Å²) in [6, 6.07) is 8.48. The van der Waals surface area contributed by atoms with E-state index in [0.717, 1.165) is 15.5 Å². The normalized spacial score (nSPS) is 11.2. The van der Waals surface area contributed by atoms with Crippen molar-refractivity contribution in [2.45, 2.75) is 5.33 Å². The predicted molar refractivity (Wildman–Crippen MR) is 69.3 cm³/mol. The Labute approximate surface area is 110 Å². The highest BCUT2D eigenvalue weighted by molar-refractivity contribution is 9.08. The molecule has 3 rings (SSSR count). The van der Waals surface area contributed by atoms with E-state index in [9.17, 15) is 10.2 Å². The molecule has 6 heteroatoms. The molecule has 5 nitrogen and oxygen atoms in total. The van der Waals surface area contributed by atoms with Crippen LogP contribution in [-0.4, -0.2) is 19.8 Å². The predicted octanol–water partition coefficient (Wildman–Crippen LogP) is 2.92. The maximum atomic E-state index is 9.61. The molecule has 0 aliphatic rings. The maximum Gasteiger partial charge on any atom is 0.312 e. The van der Waals surface area contributed by atoms with Gasteiger partial charge in [0.15, 0.2) is 5.58 Å². The summed E-state index contributed by atoms with van der Waals surface area (Å²) in [6.45, 7) is 0. The van der Waals surface area contributed by atoms with Gasteiger partial charge in [0, 0.05) is 17.5 Å². The van der Waals surface area contributed by atoms with Crippen LogP contribution in [0.15, 0.2) is 34.7 Å². The van der Waals surface area contributed by atoms with Gasteiger partial charge in [-0.15, -0.1) is 0 Å². The lowest BCUT2D eigenvalue weighted by Crippen LogP contribution is -1.91. The van der Waals surface area contributed by atoms with Crippen LogP contribution in [0.1, 0.15) is 5.56 Å². The Bertz CT molecular complexity index is 698. The van der Waals surface area contributed by atoms with E-state index in [-0.39, 0.29) is 17.8 Å². The number of halogens is 1. The van der Waals surface area contributed by atoms with E-state index in [1.54, 1.807) is 6.07 Å². The number of hydrogen-bond acceptors (Lipinski definition) is 4.